The number of rotatable bonds is 4. The molecule has 0 radical (unpaired) electrons. The molecule has 8 nitrogen and oxygen atoms in total. The summed E-state index contributed by atoms with van der Waals surface area (Å²) < 4.78 is 10.4. The summed E-state index contributed by atoms with van der Waals surface area (Å²) in [5.74, 6) is 0.166. The lowest BCUT2D eigenvalue weighted by Crippen LogP contribution is -2.55. The molecule has 1 aliphatic rings. The van der Waals surface area contributed by atoms with Gasteiger partial charge in [-0.2, -0.15) is 15.0 Å². The zero-order valence-electron chi connectivity index (χ0n) is 12.2. The van der Waals surface area contributed by atoms with Crippen molar-refractivity contribution < 1.29 is 14.3 Å². The van der Waals surface area contributed by atoms with Crippen molar-refractivity contribution >= 4 is 23.5 Å². The number of amides is 1. The summed E-state index contributed by atoms with van der Waals surface area (Å²) >= 11 is 5.86. The summed E-state index contributed by atoms with van der Waals surface area (Å²) in [5.41, 5.74) is 0. The first-order chi connectivity index (χ1) is 10.0. The summed E-state index contributed by atoms with van der Waals surface area (Å²) in [6.07, 6.45) is 0. The van der Waals surface area contributed by atoms with Crippen LogP contribution in [0.15, 0.2) is 0 Å². The van der Waals surface area contributed by atoms with Crippen molar-refractivity contribution in [2.45, 2.75) is 25.9 Å². The maximum Gasteiger partial charge on any atom is 0.322 e. The molecule has 1 unspecified atom stereocenters. The Labute approximate surface area is 127 Å². The molecule has 21 heavy (non-hydrogen) atoms. The lowest BCUT2D eigenvalue weighted by Gasteiger charge is -2.34. The Morgan fingerprint density at radius 3 is 2.90 bits per heavy atom. The molecule has 0 spiro atoms. The van der Waals surface area contributed by atoms with E-state index in [0.29, 0.717) is 19.1 Å². The van der Waals surface area contributed by atoms with Crippen molar-refractivity contribution in [1.29, 1.82) is 0 Å². The highest BCUT2D eigenvalue weighted by molar-refractivity contribution is 6.28. The fraction of sp³-hybridized carbons (Fsp3) is 0.667. The van der Waals surface area contributed by atoms with Gasteiger partial charge >= 0.3 is 6.01 Å². The summed E-state index contributed by atoms with van der Waals surface area (Å²) in [5, 5.41) is 2.88. The van der Waals surface area contributed by atoms with E-state index in [-0.39, 0.29) is 29.8 Å². The Kier molecular flexibility index (Phi) is 5.13. The predicted molar refractivity (Wildman–Crippen MR) is 76.6 cm³/mol. The molecule has 9 heteroatoms. The van der Waals surface area contributed by atoms with E-state index in [0.717, 1.165) is 0 Å². The predicted octanol–water partition coefficient (Wildman–Crippen LogP) is 0.263. The van der Waals surface area contributed by atoms with Crippen LogP contribution in [0.1, 0.15) is 13.8 Å². The minimum absolute atomic E-state index is 0.0198. The van der Waals surface area contributed by atoms with E-state index >= 15 is 0 Å². The van der Waals surface area contributed by atoms with Crippen LogP contribution in [0.5, 0.6) is 6.01 Å². The van der Waals surface area contributed by atoms with Gasteiger partial charge in [-0.3, -0.25) is 4.79 Å². The number of hydrogen-bond donors (Lipinski definition) is 1. The molecule has 1 N–H and O–H groups in total. The van der Waals surface area contributed by atoms with Gasteiger partial charge in [-0.25, -0.2) is 0 Å². The lowest BCUT2D eigenvalue weighted by atomic mass is 10.2. The highest BCUT2D eigenvalue weighted by atomic mass is 35.5. The van der Waals surface area contributed by atoms with Gasteiger partial charge in [-0.1, -0.05) is 0 Å². The average Bonchev–Trinajstić information content (AvgIpc) is 2.45. The van der Waals surface area contributed by atoms with Crippen molar-refractivity contribution in [2.75, 3.05) is 31.8 Å². The molecular formula is C12H18ClN5O3. The number of morpholine rings is 1. The summed E-state index contributed by atoms with van der Waals surface area (Å²) in [6.45, 7) is 5.03. The van der Waals surface area contributed by atoms with Crippen molar-refractivity contribution in [3.63, 3.8) is 0 Å². The molecule has 1 fully saturated rings. The molecule has 0 saturated carbocycles. The molecule has 1 aromatic heterocycles. The lowest BCUT2D eigenvalue weighted by molar-refractivity contribution is -0.125. The number of aromatic nitrogens is 3. The third-order valence-electron chi connectivity index (χ3n) is 2.88. The standard InChI is InChI=1S/C12H18ClN5O3/c1-7(2)14-9(19)8-6-21-5-4-18(8)11-15-10(13)16-12(17-11)20-3/h7-8H,4-6H2,1-3H3,(H,14,19). The van der Waals surface area contributed by atoms with Gasteiger partial charge in [0.05, 0.1) is 20.3 Å². The van der Waals surface area contributed by atoms with Crippen LogP contribution >= 0.6 is 11.6 Å². The highest BCUT2D eigenvalue weighted by Crippen LogP contribution is 2.19. The second kappa shape index (κ2) is 6.86. The van der Waals surface area contributed by atoms with Gasteiger partial charge < -0.3 is 19.7 Å². The number of nitrogens with zero attached hydrogens (tertiary/aromatic N) is 4. The van der Waals surface area contributed by atoms with Gasteiger partial charge in [-0.15, -0.1) is 0 Å². The highest BCUT2D eigenvalue weighted by Gasteiger charge is 2.32. The number of carbonyl (C=O) groups excluding carboxylic acids is 1. The van der Waals surface area contributed by atoms with Crippen LogP contribution in [-0.4, -0.2) is 59.8 Å². The summed E-state index contributed by atoms with van der Waals surface area (Å²) in [4.78, 5) is 26.1. The van der Waals surface area contributed by atoms with Gasteiger partial charge in [0.1, 0.15) is 6.04 Å². The molecule has 116 valence electrons. The molecule has 0 aliphatic carbocycles. The second-order valence-corrected chi connectivity index (χ2v) is 5.18. The molecule has 0 bridgehead atoms. The Balaban J connectivity index is 2.26. The number of hydrogen-bond acceptors (Lipinski definition) is 7. The minimum atomic E-state index is -0.510. The number of ether oxygens (including phenoxy) is 2. The Hall–Kier alpha value is -1.67. The van der Waals surface area contributed by atoms with Gasteiger partial charge in [0.15, 0.2) is 0 Å². The molecule has 2 rings (SSSR count). The van der Waals surface area contributed by atoms with Gasteiger partial charge in [-0.05, 0) is 25.4 Å². The topological polar surface area (TPSA) is 89.5 Å². The molecule has 2 heterocycles. The first kappa shape index (κ1) is 15.7. The van der Waals surface area contributed by atoms with Crippen molar-refractivity contribution in [1.82, 2.24) is 20.3 Å². The summed E-state index contributed by atoms with van der Waals surface area (Å²) in [6, 6.07) is -0.360. The average molecular weight is 316 g/mol. The van der Waals surface area contributed by atoms with E-state index in [1.165, 1.54) is 7.11 Å². The number of carbonyl (C=O) groups is 1. The zero-order chi connectivity index (χ0) is 15.4. The fourth-order valence-corrected chi connectivity index (χ4v) is 2.13. The molecule has 1 aromatic rings. The van der Waals surface area contributed by atoms with Crippen LogP contribution in [0.25, 0.3) is 0 Å². The monoisotopic (exact) mass is 315 g/mol. The van der Waals surface area contributed by atoms with Crippen LogP contribution in [0, 0.1) is 0 Å². The van der Waals surface area contributed by atoms with Crippen LogP contribution in [-0.2, 0) is 9.53 Å². The van der Waals surface area contributed by atoms with Crippen LogP contribution < -0.4 is 15.0 Å². The minimum Gasteiger partial charge on any atom is -0.467 e. The largest absolute Gasteiger partial charge is 0.467 e. The Morgan fingerprint density at radius 1 is 1.48 bits per heavy atom. The quantitative estimate of drug-likeness (QED) is 0.852. The summed E-state index contributed by atoms with van der Waals surface area (Å²) in [7, 11) is 1.44. The van der Waals surface area contributed by atoms with Crippen molar-refractivity contribution in [3.05, 3.63) is 5.28 Å². The second-order valence-electron chi connectivity index (χ2n) is 4.84. The van der Waals surface area contributed by atoms with E-state index in [2.05, 4.69) is 20.3 Å². The van der Waals surface area contributed by atoms with Crippen LogP contribution in [0.2, 0.25) is 5.28 Å². The van der Waals surface area contributed by atoms with E-state index in [1.54, 1.807) is 4.90 Å². The molecule has 1 atom stereocenters. The van der Waals surface area contributed by atoms with Crippen molar-refractivity contribution in [2.24, 2.45) is 0 Å². The van der Waals surface area contributed by atoms with Gasteiger partial charge in [0.25, 0.3) is 0 Å². The van der Waals surface area contributed by atoms with E-state index in [1.807, 2.05) is 13.8 Å². The molecule has 0 aromatic carbocycles. The first-order valence-corrected chi connectivity index (χ1v) is 6.99. The molecule has 1 saturated heterocycles. The zero-order valence-corrected chi connectivity index (χ0v) is 12.9. The SMILES string of the molecule is COc1nc(Cl)nc(N2CCOCC2C(=O)NC(C)C)n1. The number of nitrogens with one attached hydrogen (secondary N) is 1. The third-order valence-corrected chi connectivity index (χ3v) is 3.05. The number of anilines is 1. The Bertz CT molecular complexity index is 514. The smallest absolute Gasteiger partial charge is 0.322 e. The number of halogens is 1. The first-order valence-electron chi connectivity index (χ1n) is 6.61. The van der Waals surface area contributed by atoms with Crippen LogP contribution in [0.3, 0.4) is 0 Å². The molecule has 1 amide bonds. The van der Waals surface area contributed by atoms with Crippen LogP contribution in [0.4, 0.5) is 5.95 Å². The maximum absolute atomic E-state index is 12.3. The third kappa shape index (κ3) is 3.92. The molecular weight excluding hydrogens is 298 g/mol. The van der Waals surface area contributed by atoms with E-state index < -0.39 is 6.04 Å². The van der Waals surface area contributed by atoms with Gasteiger partial charge in [0, 0.05) is 12.6 Å². The Morgan fingerprint density at radius 2 is 2.24 bits per heavy atom. The fourth-order valence-electron chi connectivity index (χ4n) is 1.98. The normalized spacial score (nSPS) is 18.7. The van der Waals surface area contributed by atoms with Crippen molar-refractivity contribution in [3.8, 4) is 6.01 Å². The van der Waals surface area contributed by atoms with Gasteiger partial charge in [0.2, 0.25) is 17.1 Å². The van der Waals surface area contributed by atoms with E-state index in [4.69, 9.17) is 21.1 Å². The molecule has 1 aliphatic heterocycles. The van der Waals surface area contributed by atoms with E-state index in [9.17, 15) is 4.79 Å². The maximum atomic E-state index is 12.3. The number of methoxy groups -OCH3 is 1.